The first kappa shape index (κ1) is 15.3. The summed E-state index contributed by atoms with van der Waals surface area (Å²) < 4.78 is 0. The molecule has 1 N–H and O–H groups in total. The van der Waals surface area contributed by atoms with Gasteiger partial charge in [-0.3, -0.25) is 4.90 Å². The Morgan fingerprint density at radius 2 is 2.00 bits per heavy atom. The molecule has 1 fully saturated rings. The molecule has 2 amide bonds. The first-order valence-electron chi connectivity index (χ1n) is 8.34. The zero-order valence-corrected chi connectivity index (χ0v) is 14.4. The van der Waals surface area contributed by atoms with Crippen molar-refractivity contribution < 1.29 is 4.79 Å². The maximum absolute atomic E-state index is 12.9. The lowest BCUT2D eigenvalue weighted by atomic mass is 10.1. The number of hydrogen-bond acceptors (Lipinski definition) is 2. The van der Waals surface area contributed by atoms with Gasteiger partial charge in [0.25, 0.3) is 0 Å². The Morgan fingerprint density at radius 3 is 2.79 bits per heavy atom. The van der Waals surface area contributed by atoms with Crippen molar-refractivity contribution in [2.45, 2.75) is 25.8 Å². The lowest BCUT2D eigenvalue weighted by Gasteiger charge is -2.40. The third-order valence-corrected chi connectivity index (χ3v) is 5.33. The number of carbonyl (C=O) groups excluding carboxylic acids is 1. The van der Waals surface area contributed by atoms with Crippen LogP contribution in [0.4, 0.5) is 21.9 Å². The van der Waals surface area contributed by atoms with E-state index in [0.717, 1.165) is 42.1 Å². The molecule has 1 atom stereocenters. The number of rotatable bonds is 1. The SMILES string of the molecule is Cc1ccc(NC(=O)N2C[C@@H]3CCCN3c3ccccc32)cc1Cl. The number of aryl methyl sites for hydroxylation is 1. The maximum atomic E-state index is 12.9. The monoisotopic (exact) mass is 341 g/mol. The summed E-state index contributed by atoms with van der Waals surface area (Å²) >= 11 is 6.17. The van der Waals surface area contributed by atoms with Crippen molar-refractivity contribution in [2.75, 3.05) is 28.2 Å². The number of nitrogens with one attached hydrogen (secondary N) is 1. The third-order valence-electron chi connectivity index (χ3n) is 4.92. The molecule has 24 heavy (non-hydrogen) atoms. The second-order valence-corrected chi connectivity index (χ2v) is 6.89. The summed E-state index contributed by atoms with van der Waals surface area (Å²) in [7, 11) is 0. The van der Waals surface area contributed by atoms with E-state index < -0.39 is 0 Å². The van der Waals surface area contributed by atoms with Crippen LogP contribution in [0.1, 0.15) is 18.4 Å². The fourth-order valence-corrected chi connectivity index (χ4v) is 3.82. The van der Waals surface area contributed by atoms with E-state index in [1.807, 2.05) is 42.2 Å². The third kappa shape index (κ3) is 2.61. The van der Waals surface area contributed by atoms with E-state index >= 15 is 0 Å². The van der Waals surface area contributed by atoms with E-state index in [9.17, 15) is 4.79 Å². The number of halogens is 1. The number of anilines is 3. The highest BCUT2D eigenvalue weighted by molar-refractivity contribution is 6.31. The molecule has 2 aliphatic rings. The van der Waals surface area contributed by atoms with Gasteiger partial charge in [-0.25, -0.2) is 4.79 Å². The Hall–Kier alpha value is -2.20. The Bertz CT molecular complexity index is 792. The average Bonchev–Trinajstić information content (AvgIpc) is 3.06. The summed E-state index contributed by atoms with van der Waals surface area (Å²) in [6.45, 7) is 3.75. The van der Waals surface area contributed by atoms with Crippen molar-refractivity contribution in [1.82, 2.24) is 0 Å². The van der Waals surface area contributed by atoms with Crippen LogP contribution in [0.5, 0.6) is 0 Å². The van der Waals surface area contributed by atoms with Crippen LogP contribution in [-0.4, -0.2) is 25.2 Å². The summed E-state index contributed by atoms with van der Waals surface area (Å²) in [4.78, 5) is 17.2. The number of amides is 2. The molecule has 1 saturated heterocycles. The molecule has 2 aromatic rings. The number of para-hydroxylation sites is 2. The standard InChI is InChI=1S/C19H20ClN3O/c1-13-8-9-14(11-16(13)20)21-19(24)23-12-15-5-4-10-22(15)17-6-2-3-7-18(17)23/h2-3,6-9,11,15H,4-5,10,12H2,1H3,(H,21,24)/t15-/m0/s1. The van der Waals surface area contributed by atoms with Crippen LogP contribution in [0, 0.1) is 6.92 Å². The molecule has 0 spiro atoms. The smallest absolute Gasteiger partial charge is 0.326 e. The Labute approximate surface area is 147 Å². The number of hydrogen-bond donors (Lipinski definition) is 1. The van der Waals surface area contributed by atoms with E-state index in [0.29, 0.717) is 11.1 Å². The highest BCUT2D eigenvalue weighted by atomic mass is 35.5. The Morgan fingerprint density at radius 1 is 1.21 bits per heavy atom. The van der Waals surface area contributed by atoms with Gasteiger partial charge in [-0.15, -0.1) is 0 Å². The molecule has 4 rings (SSSR count). The van der Waals surface area contributed by atoms with Crippen LogP contribution in [0.25, 0.3) is 0 Å². The predicted octanol–water partition coefficient (Wildman–Crippen LogP) is 4.67. The molecule has 0 aliphatic carbocycles. The van der Waals surface area contributed by atoms with Crippen molar-refractivity contribution >= 4 is 34.7 Å². The highest BCUT2D eigenvalue weighted by Gasteiger charge is 2.36. The normalized spacial score (nSPS) is 19.0. The molecular formula is C19H20ClN3O. The van der Waals surface area contributed by atoms with Gasteiger partial charge in [-0.2, -0.15) is 0 Å². The largest absolute Gasteiger partial charge is 0.365 e. The van der Waals surface area contributed by atoms with Gasteiger partial charge < -0.3 is 10.2 Å². The van der Waals surface area contributed by atoms with Crippen LogP contribution in [0.2, 0.25) is 5.02 Å². The summed E-state index contributed by atoms with van der Waals surface area (Å²) in [6.07, 6.45) is 2.32. The van der Waals surface area contributed by atoms with Crippen LogP contribution < -0.4 is 15.1 Å². The number of benzene rings is 2. The number of urea groups is 1. The molecule has 0 radical (unpaired) electrons. The molecule has 4 nitrogen and oxygen atoms in total. The van der Waals surface area contributed by atoms with Crippen LogP contribution in [-0.2, 0) is 0 Å². The highest BCUT2D eigenvalue weighted by Crippen LogP contribution is 2.39. The Kier molecular flexibility index (Phi) is 3.85. The van der Waals surface area contributed by atoms with Gasteiger partial charge in [0.15, 0.2) is 0 Å². The van der Waals surface area contributed by atoms with Gasteiger partial charge in [0.2, 0.25) is 0 Å². The van der Waals surface area contributed by atoms with Gasteiger partial charge in [0.1, 0.15) is 0 Å². The average molecular weight is 342 g/mol. The molecule has 0 saturated carbocycles. The molecule has 0 unspecified atom stereocenters. The molecule has 2 aromatic carbocycles. The second-order valence-electron chi connectivity index (χ2n) is 6.48. The van der Waals surface area contributed by atoms with Crippen molar-refractivity contribution in [2.24, 2.45) is 0 Å². The van der Waals surface area contributed by atoms with E-state index in [4.69, 9.17) is 11.6 Å². The maximum Gasteiger partial charge on any atom is 0.326 e. The van der Waals surface area contributed by atoms with Crippen molar-refractivity contribution in [3.05, 3.63) is 53.1 Å². The number of carbonyl (C=O) groups is 1. The summed E-state index contributed by atoms with van der Waals surface area (Å²) in [5.41, 5.74) is 3.86. The van der Waals surface area contributed by atoms with Crippen molar-refractivity contribution in [3.63, 3.8) is 0 Å². The lowest BCUT2D eigenvalue weighted by Crippen LogP contribution is -2.49. The van der Waals surface area contributed by atoms with Crippen LogP contribution in [0.3, 0.4) is 0 Å². The summed E-state index contributed by atoms with van der Waals surface area (Å²) in [5.74, 6) is 0. The fourth-order valence-electron chi connectivity index (χ4n) is 3.64. The van der Waals surface area contributed by atoms with Crippen LogP contribution >= 0.6 is 11.6 Å². The zero-order valence-electron chi connectivity index (χ0n) is 13.6. The Balaban J connectivity index is 1.62. The molecule has 2 heterocycles. The first-order valence-corrected chi connectivity index (χ1v) is 8.71. The number of fused-ring (bicyclic) bond motifs is 3. The predicted molar refractivity (Wildman–Crippen MR) is 99.4 cm³/mol. The first-order chi connectivity index (χ1) is 11.6. The van der Waals surface area contributed by atoms with Gasteiger partial charge in [0, 0.05) is 29.8 Å². The van der Waals surface area contributed by atoms with E-state index in [1.54, 1.807) is 6.07 Å². The topological polar surface area (TPSA) is 35.6 Å². The molecule has 124 valence electrons. The summed E-state index contributed by atoms with van der Waals surface area (Å²) in [5, 5.41) is 3.65. The minimum absolute atomic E-state index is 0.103. The van der Waals surface area contributed by atoms with E-state index in [2.05, 4.69) is 16.3 Å². The quantitative estimate of drug-likeness (QED) is 0.818. The zero-order chi connectivity index (χ0) is 16.7. The molecule has 0 bridgehead atoms. The van der Waals surface area contributed by atoms with Gasteiger partial charge in [-0.05, 0) is 49.6 Å². The number of nitrogens with zero attached hydrogens (tertiary/aromatic N) is 2. The molecular weight excluding hydrogens is 322 g/mol. The van der Waals surface area contributed by atoms with E-state index in [1.165, 1.54) is 6.42 Å². The minimum Gasteiger partial charge on any atom is -0.365 e. The molecule has 0 aromatic heterocycles. The van der Waals surface area contributed by atoms with E-state index in [-0.39, 0.29) is 6.03 Å². The lowest BCUT2D eigenvalue weighted by molar-refractivity contribution is 0.256. The second kappa shape index (κ2) is 6.02. The van der Waals surface area contributed by atoms with Crippen molar-refractivity contribution in [1.29, 1.82) is 0 Å². The molecule has 5 heteroatoms. The van der Waals surface area contributed by atoms with Crippen molar-refractivity contribution in [3.8, 4) is 0 Å². The summed E-state index contributed by atoms with van der Waals surface area (Å²) in [6, 6.07) is 14.1. The minimum atomic E-state index is -0.103. The fraction of sp³-hybridized carbons (Fsp3) is 0.316. The molecule has 2 aliphatic heterocycles. The van der Waals surface area contributed by atoms with Gasteiger partial charge in [-0.1, -0.05) is 29.8 Å². The van der Waals surface area contributed by atoms with Gasteiger partial charge in [0.05, 0.1) is 11.4 Å². The van der Waals surface area contributed by atoms with Gasteiger partial charge >= 0.3 is 6.03 Å². The van der Waals surface area contributed by atoms with Crippen LogP contribution in [0.15, 0.2) is 42.5 Å².